The van der Waals surface area contributed by atoms with Crippen molar-refractivity contribution in [3.05, 3.63) is 239 Å². The smallest absolute Gasteiger partial charge is 0.311 e. The van der Waals surface area contributed by atoms with Gasteiger partial charge in [0.1, 0.15) is 22.3 Å². The molecule has 2 aliphatic heterocycles. The SMILES string of the molecule is O=C1CCCCCCCCC(=O)Oc2cccc(c2)C(c2ccccc2)(c2ccccc2)C#Cc2ccc(cc2)C#CC(c2ccccc2)(c2ccccc2)c2cccc(c2)O1. The second kappa shape index (κ2) is 19.8. The normalized spacial score (nSPS) is 15.5. The zero-order valence-electron chi connectivity index (χ0n) is 34.8. The molecule has 0 spiro atoms. The Kier molecular flexibility index (Phi) is 13.2. The molecule has 0 radical (unpaired) electrons. The lowest BCUT2D eigenvalue weighted by molar-refractivity contribution is -0.135. The highest BCUT2D eigenvalue weighted by Crippen LogP contribution is 2.42. The van der Waals surface area contributed by atoms with Crippen molar-refractivity contribution < 1.29 is 19.1 Å². The Morgan fingerprint density at radius 3 is 0.984 bits per heavy atom. The third-order valence-electron chi connectivity index (χ3n) is 11.5. The molecule has 0 N–H and O–H groups in total. The summed E-state index contributed by atoms with van der Waals surface area (Å²) < 4.78 is 11.9. The van der Waals surface area contributed by atoms with E-state index in [-0.39, 0.29) is 11.9 Å². The molecule has 2 heterocycles. The molecule has 0 saturated carbocycles. The lowest BCUT2D eigenvalue weighted by Crippen LogP contribution is -2.28. The average molecular weight is 809 g/mol. The van der Waals surface area contributed by atoms with Crippen molar-refractivity contribution >= 4 is 11.9 Å². The zero-order valence-corrected chi connectivity index (χ0v) is 34.8. The highest BCUT2D eigenvalue weighted by atomic mass is 16.5. The highest BCUT2D eigenvalue weighted by Gasteiger charge is 2.36. The summed E-state index contributed by atoms with van der Waals surface area (Å²) in [5.41, 5.74) is 5.68. The fourth-order valence-electron chi connectivity index (χ4n) is 8.35. The molecule has 4 heteroatoms. The molecule has 7 aromatic rings. The molecule has 62 heavy (non-hydrogen) atoms. The first-order valence-electron chi connectivity index (χ1n) is 21.5. The van der Waals surface area contributed by atoms with Crippen LogP contribution in [-0.2, 0) is 20.4 Å². The second-order valence-corrected chi connectivity index (χ2v) is 15.7. The number of benzene rings is 7. The fourth-order valence-corrected chi connectivity index (χ4v) is 8.35. The first kappa shape index (κ1) is 41.3. The monoisotopic (exact) mass is 808 g/mol. The molecule has 304 valence electrons. The summed E-state index contributed by atoms with van der Waals surface area (Å²) in [7, 11) is 0. The Labute approximate surface area is 365 Å². The van der Waals surface area contributed by atoms with E-state index in [2.05, 4.69) is 84.3 Å². The fraction of sp³-hybridized carbons (Fsp3) is 0.172. The van der Waals surface area contributed by atoms with E-state index in [4.69, 9.17) is 9.47 Å². The minimum absolute atomic E-state index is 0.258. The van der Waals surface area contributed by atoms with Gasteiger partial charge in [0, 0.05) is 24.0 Å². The molecule has 7 aromatic carbocycles. The van der Waals surface area contributed by atoms with Gasteiger partial charge in [-0.05, 0) is 94.8 Å². The van der Waals surface area contributed by atoms with Gasteiger partial charge in [-0.3, -0.25) is 9.59 Å². The van der Waals surface area contributed by atoms with Crippen LogP contribution in [0.2, 0.25) is 0 Å². The van der Waals surface area contributed by atoms with Crippen molar-refractivity contribution in [3.8, 4) is 35.2 Å². The maximum Gasteiger partial charge on any atom is 0.311 e. The summed E-state index contributed by atoms with van der Waals surface area (Å²) in [6.45, 7) is 0. The maximum atomic E-state index is 13.1. The van der Waals surface area contributed by atoms with E-state index >= 15 is 0 Å². The summed E-state index contributed by atoms with van der Waals surface area (Å²) in [4.78, 5) is 26.3. The molecule has 0 amide bonds. The zero-order chi connectivity index (χ0) is 42.5. The second-order valence-electron chi connectivity index (χ2n) is 15.7. The van der Waals surface area contributed by atoms with Gasteiger partial charge < -0.3 is 9.47 Å². The van der Waals surface area contributed by atoms with E-state index in [0.717, 1.165) is 83.0 Å². The van der Waals surface area contributed by atoms with Gasteiger partial charge in [0.25, 0.3) is 0 Å². The predicted molar refractivity (Wildman–Crippen MR) is 247 cm³/mol. The minimum atomic E-state index is -0.889. The number of carbonyl (C=O) groups is 2. The highest BCUT2D eigenvalue weighted by molar-refractivity contribution is 5.73. The van der Waals surface area contributed by atoms with Gasteiger partial charge in [-0.2, -0.15) is 0 Å². The van der Waals surface area contributed by atoms with Gasteiger partial charge >= 0.3 is 11.9 Å². The first-order chi connectivity index (χ1) is 30.5. The van der Waals surface area contributed by atoms with Crippen LogP contribution < -0.4 is 9.47 Å². The summed E-state index contributed by atoms with van der Waals surface area (Å²) in [6, 6.07) is 64.7. The maximum absolute atomic E-state index is 13.1. The largest absolute Gasteiger partial charge is 0.427 e. The molecule has 0 atom stereocenters. The van der Waals surface area contributed by atoms with Crippen molar-refractivity contribution in [2.45, 2.75) is 62.2 Å². The van der Waals surface area contributed by atoms with Crippen LogP contribution in [0.4, 0.5) is 0 Å². The van der Waals surface area contributed by atoms with Crippen LogP contribution in [0.25, 0.3) is 0 Å². The molecular formula is C58H48O4. The summed E-state index contributed by atoms with van der Waals surface area (Å²) in [5, 5.41) is 0. The van der Waals surface area contributed by atoms with Gasteiger partial charge in [0.15, 0.2) is 0 Å². The van der Waals surface area contributed by atoms with Crippen molar-refractivity contribution in [2.24, 2.45) is 0 Å². The number of rotatable bonds is 4. The van der Waals surface area contributed by atoms with Crippen LogP contribution in [0.15, 0.2) is 194 Å². The van der Waals surface area contributed by atoms with E-state index in [1.165, 1.54) is 0 Å². The van der Waals surface area contributed by atoms with E-state index in [1.54, 1.807) is 0 Å². The quantitative estimate of drug-likeness (QED) is 0.101. The lowest BCUT2D eigenvalue weighted by atomic mass is 9.69. The summed E-state index contributed by atoms with van der Waals surface area (Å²) >= 11 is 0. The van der Waals surface area contributed by atoms with Crippen molar-refractivity contribution in [3.63, 3.8) is 0 Å². The number of fused-ring (bicyclic) bond motifs is 15. The molecule has 2 aliphatic rings. The van der Waals surface area contributed by atoms with Crippen LogP contribution in [0.3, 0.4) is 0 Å². The molecule has 9 rings (SSSR count). The van der Waals surface area contributed by atoms with Gasteiger partial charge in [-0.15, -0.1) is 0 Å². The van der Waals surface area contributed by atoms with Gasteiger partial charge in [-0.25, -0.2) is 0 Å². The molecule has 0 saturated heterocycles. The van der Waals surface area contributed by atoms with Crippen molar-refractivity contribution in [1.82, 2.24) is 0 Å². The van der Waals surface area contributed by atoms with Crippen molar-refractivity contribution in [1.29, 1.82) is 0 Å². The number of ether oxygens (including phenoxy) is 2. The molecule has 4 nitrogen and oxygen atoms in total. The van der Waals surface area contributed by atoms with Gasteiger partial charge in [0.2, 0.25) is 0 Å². The molecular weight excluding hydrogens is 761 g/mol. The van der Waals surface area contributed by atoms with Crippen LogP contribution in [-0.4, -0.2) is 11.9 Å². The van der Waals surface area contributed by atoms with Crippen molar-refractivity contribution in [2.75, 3.05) is 0 Å². The van der Waals surface area contributed by atoms with Crippen LogP contribution in [0, 0.1) is 23.7 Å². The van der Waals surface area contributed by atoms with Crippen LogP contribution in [0.1, 0.15) is 95.9 Å². The summed E-state index contributed by atoms with van der Waals surface area (Å²) in [5.74, 6) is 15.0. The van der Waals surface area contributed by atoms with Gasteiger partial charge in [0.05, 0.1) is 0 Å². The Morgan fingerprint density at radius 1 is 0.339 bits per heavy atom. The molecule has 0 unspecified atom stereocenters. The number of esters is 2. The summed E-state index contributed by atoms with van der Waals surface area (Å²) in [6.07, 6.45) is 5.87. The topological polar surface area (TPSA) is 52.6 Å². The Balaban J connectivity index is 1.26. The first-order valence-corrected chi connectivity index (χ1v) is 21.5. The average Bonchev–Trinajstić information content (AvgIpc) is 3.32. The minimum Gasteiger partial charge on any atom is -0.427 e. The van der Waals surface area contributed by atoms with Crippen LogP contribution >= 0.6 is 0 Å². The van der Waals surface area contributed by atoms with E-state index in [1.807, 2.05) is 133 Å². The lowest BCUT2D eigenvalue weighted by Gasteiger charge is -2.31. The number of hydrogen-bond acceptors (Lipinski definition) is 4. The standard InChI is InChI=1S/C58H48O4/c59-55-33-17-3-1-2-4-18-34-56(60)62-54-32-20-30-52(44-54)58(49-25-13-7-14-26-49,50-27-15-8-16-28-50)42-40-46-37-35-45(36-38-46)39-41-57(47-21-9-5-10-22-47,48-23-11-6-12-24-48)51-29-19-31-53(43-51)61-55/h5-16,19-32,35-38,43-44H,1-4,17-18,33-34H2. The molecule has 0 aliphatic carbocycles. The predicted octanol–water partition coefficient (Wildman–Crippen LogP) is 12.4. The number of carbonyl (C=O) groups excluding carboxylic acids is 2. The van der Waals surface area contributed by atoms with Gasteiger partial charge in [-0.1, -0.05) is 195 Å². The molecule has 0 aromatic heterocycles. The van der Waals surface area contributed by atoms with E-state index < -0.39 is 10.8 Å². The Bertz CT molecular complexity index is 2450. The third-order valence-corrected chi connectivity index (χ3v) is 11.5. The van der Waals surface area contributed by atoms with Crippen LogP contribution in [0.5, 0.6) is 11.5 Å². The third kappa shape index (κ3) is 9.47. The number of hydrogen-bond donors (Lipinski definition) is 0. The van der Waals surface area contributed by atoms with E-state index in [9.17, 15) is 9.59 Å². The Morgan fingerprint density at radius 2 is 0.645 bits per heavy atom. The molecule has 0 fully saturated rings. The van der Waals surface area contributed by atoms with E-state index in [0.29, 0.717) is 24.3 Å². The molecule has 6 bridgehead atoms. The Hall–Kier alpha value is -7.40.